The second-order valence-electron chi connectivity index (χ2n) is 5.63. The molecule has 0 saturated carbocycles. The highest BCUT2D eigenvalue weighted by molar-refractivity contribution is 6.35. The molecule has 28 heavy (non-hydrogen) atoms. The smallest absolute Gasteiger partial charge is 0.347 e. The van der Waals surface area contributed by atoms with Gasteiger partial charge >= 0.3 is 11.9 Å². The molecule has 0 heterocycles. The van der Waals surface area contributed by atoms with Gasteiger partial charge in [0.2, 0.25) is 0 Å². The molecule has 0 radical (unpaired) electrons. The van der Waals surface area contributed by atoms with Crippen LogP contribution in [-0.2, 0) is 19.1 Å². The first-order valence-corrected chi connectivity index (χ1v) is 9.22. The summed E-state index contributed by atoms with van der Waals surface area (Å²) in [6.07, 6.45) is -2.11. The SMILES string of the molecule is COC(=O)[C@H](C)OC(=O)[C@@H](C)Oc1cc(Cl)ccc1Oc1ccc(Cl)cc1Cl. The zero-order valence-corrected chi connectivity index (χ0v) is 17.5. The predicted octanol–water partition coefficient (Wildman–Crippen LogP) is 5.31. The second-order valence-corrected chi connectivity index (χ2v) is 6.91. The van der Waals surface area contributed by atoms with E-state index in [9.17, 15) is 9.59 Å². The van der Waals surface area contributed by atoms with Gasteiger partial charge in [-0.25, -0.2) is 9.59 Å². The minimum absolute atomic E-state index is 0.189. The number of carbonyl (C=O) groups is 2. The van der Waals surface area contributed by atoms with Gasteiger partial charge in [0.1, 0.15) is 5.75 Å². The van der Waals surface area contributed by atoms with Gasteiger partial charge in [-0.1, -0.05) is 34.8 Å². The van der Waals surface area contributed by atoms with Gasteiger partial charge in [-0.15, -0.1) is 0 Å². The molecule has 2 rings (SSSR count). The zero-order valence-electron chi connectivity index (χ0n) is 15.2. The number of ether oxygens (including phenoxy) is 4. The van der Waals surface area contributed by atoms with E-state index in [0.29, 0.717) is 20.8 Å². The summed E-state index contributed by atoms with van der Waals surface area (Å²) in [4.78, 5) is 23.5. The minimum atomic E-state index is -1.06. The van der Waals surface area contributed by atoms with Gasteiger partial charge in [-0.2, -0.15) is 0 Å². The van der Waals surface area contributed by atoms with Crippen LogP contribution in [0.3, 0.4) is 0 Å². The number of methoxy groups -OCH3 is 1. The summed E-state index contributed by atoms with van der Waals surface area (Å²) in [5, 5.41) is 1.13. The standard InChI is InChI=1S/C19H17Cl3O6/c1-10(18(23)25-3)27-19(24)11(2)26-17-9-13(21)5-7-16(17)28-15-6-4-12(20)8-14(15)22/h4-11H,1-3H3/t10-,11+/m0/s1. The Morgan fingerprint density at radius 1 is 0.821 bits per heavy atom. The largest absolute Gasteiger partial charge is 0.475 e. The lowest BCUT2D eigenvalue weighted by molar-refractivity contribution is -0.168. The van der Waals surface area contributed by atoms with Gasteiger partial charge in [-0.3, -0.25) is 0 Å². The van der Waals surface area contributed by atoms with Crippen molar-refractivity contribution in [3.63, 3.8) is 0 Å². The topological polar surface area (TPSA) is 71.1 Å². The van der Waals surface area contributed by atoms with Crippen molar-refractivity contribution in [2.75, 3.05) is 7.11 Å². The molecule has 0 spiro atoms. The Hall–Kier alpha value is -2.15. The number of hydrogen-bond acceptors (Lipinski definition) is 6. The molecule has 0 unspecified atom stereocenters. The maximum atomic E-state index is 12.2. The van der Waals surface area contributed by atoms with E-state index in [4.69, 9.17) is 49.0 Å². The lowest BCUT2D eigenvalue weighted by atomic mass is 10.3. The van der Waals surface area contributed by atoms with Crippen molar-refractivity contribution in [2.45, 2.75) is 26.1 Å². The average Bonchev–Trinajstić information content (AvgIpc) is 2.64. The van der Waals surface area contributed by atoms with Gasteiger partial charge in [0.25, 0.3) is 0 Å². The van der Waals surface area contributed by atoms with Crippen LogP contribution in [-0.4, -0.2) is 31.3 Å². The lowest BCUT2D eigenvalue weighted by Gasteiger charge is -2.19. The molecule has 6 nitrogen and oxygen atoms in total. The fourth-order valence-corrected chi connectivity index (χ4v) is 2.67. The predicted molar refractivity (Wildman–Crippen MR) is 106 cm³/mol. The number of halogens is 3. The maximum Gasteiger partial charge on any atom is 0.347 e. The number of rotatable bonds is 7. The molecule has 0 aliphatic carbocycles. The summed E-state index contributed by atoms with van der Waals surface area (Å²) in [6.45, 7) is 2.86. The number of esters is 2. The van der Waals surface area contributed by atoms with Crippen LogP contribution in [0.2, 0.25) is 15.1 Å². The molecule has 0 saturated heterocycles. The van der Waals surface area contributed by atoms with E-state index in [1.807, 2.05) is 0 Å². The van der Waals surface area contributed by atoms with Gasteiger partial charge < -0.3 is 18.9 Å². The van der Waals surface area contributed by atoms with Crippen LogP contribution in [0.25, 0.3) is 0 Å². The zero-order chi connectivity index (χ0) is 20.8. The van der Waals surface area contributed by atoms with Crippen LogP contribution >= 0.6 is 34.8 Å². The second kappa shape index (κ2) is 9.87. The lowest BCUT2D eigenvalue weighted by Crippen LogP contribution is -2.33. The van der Waals surface area contributed by atoms with Crippen molar-refractivity contribution < 1.29 is 28.5 Å². The highest BCUT2D eigenvalue weighted by Crippen LogP contribution is 2.38. The maximum absolute atomic E-state index is 12.2. The van der Waals surface area contributed by atoms with Crippen LogP contribution < -0.4 is 9.47 Å². The molecule has 2 aromatic rings. The molecule has 0 aliphatic rings. The monoisotopic (exact) mass is 446 g/mol. The Morgan fingerprint density at radius 3 is 2.04 bits per heavy atom. The molecule has 0 amide bonds. The molecule has 0 aromatic heterocycles. The van der Waals surface area contributed by atoms with Crippen molar-refractivity contribution in [1.29, 1.82) is 0 Å². The van der Waals surface area contributed by atoms with E-state index in [1.54, 1.807) is 24.3 Å². The highest BCUT2D eigenvalue weighted by atomic mass is 35.5. The van der Waals surface area contributed by atoms with E-state index >= 15 is 0 Å². The van der Waals surface area contributed by atoms with Crippen LogP contribution in [0.5, 0.6) is 17.2 Å². The van der Waals surface area contributed by atoms with Crippen LogP contribution in [0, 0.1) is 0 Å². The first-order valence-electron chi connectivity index (χ1n) is 8.08. The van der Waals surface area contributed by atoms with Crippen molar-refractivity contribution in [3.05, 3.63) is 51.5 Å². The quantitative estimate of drug-likeness (QED) is 0.536. The fourth-order valence-electron chi connectivity index (χ4n) is 2.06. The summed E-state index contributed by atoms with van der Waals surface area (Å²) in [7, 11) is 1.20. The van der Waals surface area contributed by atoms with Crippen molar-refractivity contribution in [1.82, 2.24) is 0 Å². The van der Waals surface area contributed by atoms with Gasteiger partial charge in [0.15, 0.2) is 23.7 Å². The Labute approximate surface area is 177 Å². The Morgan fingerprint density at radius 2 is 1.43 bits per heavy atom. The van der Waals surface area contributed by atoms with Crippen molar-refractivity contribution >= 4 is 46.7 Å². The summed E-state index contributed by atoms with van der Waals surface area (Å²) in [6, 6.07) is 9.39. The Bertz CT molecular complexity index is 871. The third-order valence-corrected chi connectivity index (χ3v) is 4.25. The Kier molecular flexibility index (Phi) is 7.80. The molecule has 9 heteroatoms. The fraction of sp³-hybridized carbons (Fsp3) is 0.263. The molecule has 0 bridgehead atoms. The highest BCUT2D eigenvalue weighted by Gasteiger charge is 2.25. The number of carbonyl (C=O) groups excluding carboxylic acids is 2. The van der Waals surface area contributed by atoms with Crippen molar-refractivity contribution in [2.24, 2.45) is 0 Å². The van der Waals surface area contributed by atoms with Crippen LogP contribution in [0.1, 0.15) is 13.8 Å². The van der Waals surface area contributed by atoms with E-state index in [2.05, 4.69) is 4.74 Å². The molecule has 2 atom stereocenters. The molecule has 0 N–H and O–H groups in total. The summed E-state index contributed by atoms with van der Waals surface area (Å²) in [5.74, 6) is -0.631. The molecular formula is C19H17Cl3O6. The van der Waals surface area contributed by atoms with Gasteiger partial charge in [-0.05, 0) is 44.2 Å². The molecule has 0 aliphatic heterocycles. The summed E-state index contributed by atoms with van der Waals surface area (Å²) < 4.78 is 20.9. The van der Waals surface area contributed by atoms with E-state index in [-0.39, 0.29) is 11.5 Å². The van der Waals surface area contributed by atoms with Gasteiger partial charge in [0, 0.05) is 16.1 Å². The summed E-state index contributed by atoms with van der Waals surface area (Å²) in [5.41, 5.74) is 0. The van der Waals surface area contributed by atoms with E-state index in [0.717, 1.165) is 0 Å². The third kappa shape index (κ3) is 5.92. The summed E-state index contributed by atoms with van der Waals surface area (Å²) >= 11 is 18.0. The van der Waals surface area contributed by atoms with E-state index < -0.39 is 24.1 Å². The molecule has 0 fully saturated rings. The first-order chi connectivity index (χ1) is 13.2. The number of hydrogen-bond donors (Lipinski definition) is 0. The number of benzene rings is 2. The van der Waals surface area contributed by atoms with Crippen molar-refractivity contribution in [3.8, 4) is 17.2 Å². The first kappa shape index (κ1) is 22.1. The normalized spacial score (nSPS) is 12.6. The average molecular weight is 448 g/mol. The van der Waals surface area contributed by atoms with Crippen LogP contribution in [0.15, 0.2) is 36.4 Å². The Balaban J connectivity index is 2.17. The van der Waals surface area contributed by atoms with Crippen LogP contribution in [0.4, 0.5) is 0 Å². The van der Waals surface area contributed by atoms with Gasteiger partial charge in [0.05, 0.1) is 12.1 Å². The molecule has 150 valence electrons. The minimum Gasteiger partial charge on any atom is -0.475 e. The molecule has 2 aromatic carbocycles. The molecular weight excluding hydrogens is 431 g/mol. The third-order valence-electron chi connectivity index (χ3n) is 3.48. The van der Waals surface area contributed by atoms with E-state index in [1.165, 1.54) is 33.1 Å².